The fraction of sp³-hybridized carbons (Fsp3) is 0.417. The second kappa shape index (κ2) is 7.37. The number of hydrogen-bond acceptors (Lipinski definition) is 4. The first-order valence-corrected chi connectivity index (χ1v) is 6.08. The molecule has 0 fully saturated rings. The van der Waals surface area contributed by atoms with E-state index in [1.54, 1.807) is 5.32 Å². The number of aliphatic hydroxyl groups is 1. The minimum Gasteiger partial charge on any atom is -0.493 e. The van der Waals surface area contributed by atoms with Gasteiger partial charge in [0.25, 0.3) is 5.91 Å². The molecule has 0 aliphatic carbocycles. The smallest absolute Gasteiger partial charge is 0.405 e. The number of nitrogens with one attached hydrogen (secondary N) is 1. The van der Waals surface area contributed by atoms with E-state index in [1.165, 1.54) is 19.2 Å². The standard InChI is InChI=1S/C12H13ClF3NO4/c1-20-9-3-8(13)2-7(4-18)11(9)21-5-10(19)17-6-12(14,15)16/h2-3,18H,4-6H2,1H3,(H,17,19). The first kappa shape index (κ1) is 17.4. The summed E-state index contributed by atoms with van der Waals surface area (Å²) >= 11 is 5.79. The molecule has 2 N–H and O–H groups in total. The molecule has 9 heteroatoms. The van der Waals surface area contributed by atoms with Gasteiger partial charge in [0.1, 0.15) is 6.54 Å². The van der Waals surface area contributed by atoms with Gasteiger partial charge in [-0.25, -0.2) is 0 Å². The summed E-state index contributed by atoms with van der Waals surface area (Å²) in [5.41, 5.74) is 0.253. The molecule has 0 atom stereocenters. The lowest BCUT2D eigenvalue weighted by Gasteiger charge is -2.15. The van der Waals surface area contributed by atoms with Gasteiger partial charge in [-0.3, -0.25) is 4.79 Å². The Morgan fingerprint density at radius 3 is 2.62 bits per heavy atom. The van der Waals surface area contributed by atoms with E-state index in [-0.39, 0.29) is 22.1 Å². The van der Waals surface area contributed by atoms with Crippen LogP contribution in [0.1, 0.15) is 5.56 Å². The number of rotatable bonds is 6. The summed E-state index contributed by atoms with van der Waals surface area (Å²) in [5, 5.41) is 11.1. The van der Waals surface area contributed by atoms with Crippen LogP contribution in [-0.4, -0.2) is 37.5 Å². The van der Waals surface area contributed by atoms with Crippen molar-refractivity contribution in [2.24, 2.45) is 0 Å². The predicted molar refractivity (Wildman–Crippen MR) is 68.5 cm³/mol. The number of ether oxygens (including phenoxy) is 2. The fourth-order valence-corrected chi connectivity index (χ4v) is 1.67. The van der Waals surface area contributed by atoms with Crippen molar-refractivity contribution >= 4 is 17.5 Å². The Balaban J connectivity index is 2.72. The second-order valence-electron chi connectivity index (χ2n) is 3.93. The Bertz CT molecular complexity index is 483. The topological polar surface area (TPSA) is 67.8 Å². The van der Waals surface area contributed by atoms with Gasteiger partial charge in [-0.05, 0) is 6.07 Å². The van der Waals surface area contributed by atoms with E-state index in [4.69, 9.17) is 21.1 Å². The fourth-order valence-electron chi connectivity index (χ4n) is 1.44. The Kier molecular flexibility index (Phi) is 6.10. The van der Waals surface area contributed by atoms with Crippen molar-refractivity contribution in [3.63, 3.8) is 0 Å². The van der Waals surface area contributed by atoms with Gasteiger partial charge in [0.15, 0.2) is 18.1 Å². The highest BCUT2D eigenvalue weighted by atomic mass is 35.5. The lowest BCUT2D eigenvalue weighted by Crippen LogP contribution is -2.36. The minimum absolute atomic E-state index is 0.0477. The van der Waals surface area contributed by atoms with Crippen molar-refractivity contribution in [3.8, 4) is 11.5 Å². The molecule has 0 aliphatic heterocycles. The highest BCUT2D eigenvalue weighted by Gasteiger charge is 2.27. The molecule has 0 aromatic heterocycles. The summed E-state index contributed by atoms with van der Waals surface area (Å²) in [7, 11) is 1.32. The average molecular weight is 328 g/mol. The maximum atomic E-state index is 11.9. The van der Waals surface area contributed by atoms with Crippen LogP contribution in [0.15, 0.2) is 12.1 Å². The zero-order valence-corrected chi connectivity index (χ0v) is 11.7. The van der Waals surface area contributed by atoms with Crippen LogP contribution in [0.3, 0.4) is 0 Å². The van der Waals surface area contributed by atoms with E-state index < -0.39 is 31.8 Å². The molecule has 0 radical (unpaired) electrons. The molecule has 21 heavy (non-hydrogen) atoms. The van der Waals surface area contributed by atoms with E-state index >= 15 is 0 Å². The molecule has 1 aromatic rings. The van der Waals surface area contributed by atoms with Crippen LogP contribution in [0, 0.1) is 0 Å². The van der Waals surface area contributed by atoms with E-state index in [0.29, 0.717) is 0 Å². The van der Waals surface area contributed by atoms with E-state index in [9.17, 15) is 23.1 Å². The summed E-state index contributed by atoms with van der Waals surface area (Å²) in [6.45, 7) is -2.53. The van der Waals surface area contributed by atoms with Gasteiger partial charge in [-0.1, -0.05) is 11.6 Å². The van der Waals surface area contributed by atoms with E-state index in [0.717, 1.165) is 0 Å². The molecule has 0 unspecified atom stereocenters. The molecule has 0 aliphatic rings. The lowest BCUT2D eigenvalue weighted by atomic mass is 10.2. The highest BCUT2D eigenvalue weighted by Crippen LogP contribution is 2.34. The molecule has 0 heterocycles. The molecule has 0 saturated heterocycles. The number of amides is 1. The quantitative estimate of drug-likeness (QED) is 0.837. The van der Waals surface area contributed by atoms with E-state index in [1.807, 2.05) is 0 Å². The maximum Gasteiger partial charge on any atom is 0.405 e. The molecule has 1 amide bonds. The highest BCUT2D eigenvalue weighted by molar-refractivity contribution is 6.30. The van der Waals surface area contributed by atoms with Crippen LogP contribution in [0.5, 0.6) is 11.5 Å². The Morgan fingerprint density at radius 1 is 1.43 bits per heavy atom. The van der Waals surface area contributed by atoms with Crippen molar-refractivity contribution in [3.05, 3.63) is 22.7 Å². The molecule has 0 spiro atoms. The largest absolute Gasteiger partial charge is 0.493 e. The number of aliphatic hydroxyl groups excluding tert-OH is 1. The summed E-state index contributed by atoms with van der Waals surface area (Å²) in [6, 6.07) is 2.79. The van der Waals surface area contributed by atoms with Gasteiger partial charge < -0.3 is 19.9 Å². The number of carbonyl (C=O) groups excluding carboxylic acids is 1. The number of benzene rings is 1. The molecule has 1 rings (SSSR count). The number of alkyl halides is 3. The first-order valence-electron chi connectivity index (χ1n) is 5.70. The molecular formula is C12H13ClF3NO4. The third-order valence-corrected chi connectivity index (χ3v) is 2.54. The van der Waals surface area contributed by atoms with Gasteiger partial charge in [0.05, 0.1) is 13.7 Å². The maximum absolute atomic E-state index is 11.9. The van der Waals surface area contributed by atoms with Crippen LogP contribution in [0.2, 0.25) is 5.02 Å². The van der Waals surface area contributed by atoms with Gasteiger partial charge in [0, 0.05) is 16.7 Å². The molecular weight excluding hydrogens is 315 g/mol. The summed E-state index contributed by atoms with van der Waals surface area (Å²) in [5.74, 6) is -0.741. The molecule has 118 valence electrons. The summed E-state index contributed by atoms with van der Waals surface area (Å²) in [4.78, 5) is 11.3. The molecule has 5 nitrogen and oxygen atoms in total. The van der Waals surface area contributed by atoms with Crippen LogP contribution < -0.4 is 14.8 Å². The summed E-state index contributed by atoms with van der Waals surface area (Å²) in [6.07, 6.45) is -4.50. The van der Waals surface area contributed by atoms with Crippen molar-refractivity contribution in [2.75, 3.05) is 20.3 Å². The predicted octanol–water partition coefficient (Wildman–Crippen LogP) is 1.90. The van der Waals surface area contributed by atoms with Crippen molar-refractivity contribution in [1.82, 2.24) is 5.32 Å². The molecule has 0 saturated carbocycles. The number of carbonyl (C=O) groups is 1. The first-order chi connectivity index (χ1) is 9.76. The SMILES string of the molecule is COc1cc(Cl)cc(CO)c1OCC(=O)NCC(F)(F)F. The van der Waals surface area contributed by atoms with Gasteiger partial charge >= 0.3 is 6.18 Å². The van der Waals surface area contributed by atoms with Crippen molar-refractivity contribution < 1.29 is 32.5 Å². The Hall–Kier alpha value is -1.67. The minimum atomic E-state index is -4.50. The zero-order valence-electron chi connectivity index (χ0n) is 11.0. The zero-order chi connectivity index (χ0) is 16.0. The van der Waals surface area contributed by atoms with Gasteiger partial charge in [-0.15, -0.1) is 0 Å². The number of hydrogen-bond donors (Lipinski definition) is 2. The Morgan fingerprint density at radius 2 is 2.10 bits per heavy atom. The lowest BCUT2D eigenvalue weighted by molar-refractivity contribution is -0.139. The van der Waals surface area contributed by atoms with Gasteiger partial charge in [-0.2, -0.15) is 13.2 Å². The Labute approximate surface area is 123 Å². The van der Waals surface area contributed by atoms with Crippen LogP contribution in [0.4, 0.5) is 13.2 Å². The van der Waals surface area contributed by atoms with Gasteiger partial charge in [0.2, 0.25) is 0 Å². The monoisotopic (exact) mass is 327 g/mol. The second-order valence-corrected chi connectivity index (χ2v) is 4.37. The average Bonchev–Trinajstić information content (AvgIpc) is 2.41. The van der Waals surface area contributed by atoms with Crippen LogP contribution in [0.25, 0.3) is 0 Å². The third-order valence-electron chi connectivity index (χ3n) is 2.32. The van der Waals surface area contributed by atoms with E-state index in [2.05, 4.69) is 0 Å². The summed E-state index contributed by atoms with van der Waals surface area (Å²) < 4.78 is 45.9. The molecule has 0 bridgehead atoms. The van der Waals surface area contributed by atoms with Crippen molar-refractivity contribution in [2.45, 2.75) is 12.8 Å². The number of methoxy groups -OCH3 is 1. The normalized spacial score (nSPS) is 11.1. The van der Waals surface area contributed by atoms with Crippen LogP contribution in [-0.2, 0) is 11.4 Å². The van der Waals surface area contributed by atoms with Crippen molar-refractivity contribution in [1.29, 1.82) is 0 Å². The van der Waals surface area contributed by atoms with Crippen LogP contribution >= 0.6 is 11.6 Å². The number of halogens is 4. The molecule has 1 aromatic carbocycles. The third kappa shape index (κ3) is 5.68.